The number of halogens is 12. The van der Waals surface area contributed by atoms with Gasteiger partial charge in [0.05, 0.1) is 7.11 Å². The van der Waals surface area contributed by atoms with Crippen molar-refractivity contribution in [1.82, 2.24) is 0 Å². The van der Waals surface area contributed by atoms with Crippen LogP contribution in [0, 0.1) is 5.92 Å². The largest absolute Gasteiger partial charge is 0.468 e. The first-order chi connectivity index (χ1) is 10.3. The molecule has 0 N–H and O–H groups in total. The van der Waals surface area contributed by atoms with E-state index in [1.54, 1.807) is 0 Å². The predicted octanol–water partition coefficient (Wildman–Crippen LogP) is 4.70. The number of carbonyl (C=O) groups is 1. The van der Waals surface area contributed by atoms with Gasteiger partial charge in [-0.15, -0.1) is 0 Å². The molecule has 0 amide bonds. The molecule has 0 aliphatic heterocycles. The fourth-order valence-corrected chi connectivity index (χ4v) is 2.54. The third kappa shape index (κ3) is 3.98. The lowest BCUT2D eigenvalue weighted by atomic mass is 9.84. The molecule has 2 nitrogen and oxygen atoms in total. The predicted molar refractivity (Wildman–Crippen MR) is 64.8 cm³/mol. The van der Waals surface area contributed by atoms with Gasteiger partial charge in [0.1, 0.15) is 9.34 Å². The molecule has 0 bridgehead atoms. The number of rotatable bonds is 5. The molecule has 0 radical (unpaired) electrons. The zero-order valence-corrected chi connectivity index (χ0v) is 13.7. The van der Waals surface area contributed by atoms with Crippen molar-refractivity contribution < 1.29 is 57.8 Å². The van der Waals surface area contributed by atoms with Crippen molar-refractivity contribution in [1.29, 1.82) is 0 Å². The van der Waals surface area contributed by atoms with Gasteiger partial charge in [0.2, 0.25) is 0 Å². The van der Waals surface area contributed by atoms with E-state index in [4.69, 9.17) is 0 Å². The minimum Gasteiger partial charge on any atom is -0.468 e. The zero-order valence-electron chi connectivity index (χ0n) is 11.5. The first-order valence-corrected chi connectivity index (χ1v) is 6.64. The molecule has 0 aromatic rings. The molecule has 24 heavy (non-hydrogen) atoms. The highest BCUT2D eigenvalue weighted by Gasteiger charge is 2.79. The van der Waals surface area contributed by atoms with Gasteiger partial charge in [0.15, 0.2) is 6.17 Å². The van der Waals surface area contributed by atoms with Crippen LogP contribution in [0.15, 0.2) is 0 Å². The minimum atomic E-state index is -7.11. The maximum absolute atomic E-state index is 13.7. The topological polar surface area (TPSA) is 26.3 Å². The number of hydrogen-bond donors (Lipinski definition) is 0. The van der Waals surface area contributed by atoms with Crippen LogP contribution in [0.2, 0.25) is 0 Å². The van der Waals surface area contributed by atoms with Crippen molar-refractivity contribution in [2.24, 2.45) is 5.92 Å². The van der Waals surface area contributed by atoms with Crippen LogP contribution in [-0.4, -0.2) is 46.9 Å². The summed E-state index contributed by atoms with van der Waals surface area (Å²) in [6.45, 7) is 0.214. The van der Waals surface area contributed by atoms with E-state index in [9.17, 15) is 53.1 Å². The second kappa shape index (κ2) is 6.63. The summed E-state index contributed by atoms with van der Waals surface area (Å²) in [6.07, 6.45) is -18.2. The van der Waals surface area contributed by atoms with Crippen molar-refractivity contribution in [3.8, 4) is 0 Å². The van der Waals surface area contributed by atoms with Gasteiger partial charge in [0, 0.05) is 0 Å². The van der Waals surface area contributed by atoms with Gasteiger partial charge in [0.25, 0.3) is 0 Å². The Labute approximate surface area is 140 Å². The third-order valence-corrected chi connectivity index (χ3v) is 4.05. The van der Waals surface area contributed by atoms with Crippen molar-refractivity contribution in [2.75, 3.05) is 7.11 Å². The van der Waals surface area contributed by atoms with Crippen LogP contribution in [0.4, 0.5) is 48.3 Å². The lowest BCUT2D eigenvalue weighted by molar-refractivity contribution is -0.375. The molecule has 0 spiro atoms. The van der Waals surface area contributed by atoms with E-state index in [2.05, 4.69) is 4.74 Å². The first kappa shape index (κ1) is 23.4. The van der Waals surface area contributed by atoms with Crippen molar-refractivity contribution in [3.05, 3.63) is 0 Å². The summed E-state index contributed by atoms with van der Waals surface area (Å²) in [6, 6.07) is 0. The van der Waals surface area contributed by atoms with Gasteiger partial charge in [-0.25, -0.2) is 4.39 Å². The molecule has 0 aromatic carbocycles. The van der Waals surface area contributed by atoms with Crippen LogP contribution in [-0.2, 0) is 9.53 Å². The maximum atomic E-state index is 13.7. The van der Waals surface area contributed by atoms with Gasteiger partial charge >= 0.3 is 30.2 Å². The average molecular weight is 496 g/mol. The summed E-state index contributed by atoms with van der Waals surface area (Å²) in [5.74, 6) is -20.1. The molecule has 0 aliphatic carbocycles. The average Bonchev–Trinajstić information content (AvgIpc) is 2.33. The summed E-state index contributed by atoms with van der Waals surface area (Å²) in [7, 11) is 0.488. The monoisotopic (exact) mass is 496 g/mol. The van der Waals surface area contributed by atoms with Gasteiger partial charge in [-0.05, 0) is 6.92 Å². The zero-order chi connectivity index (χ0) is 19.9. The molecule has 144 valence electrons. The van der Waals surface area contributed by atoms with E-state index in [0.29, 0.717) is 29.7 Å². The van der Waals surface area contributed by atoms with E-state index in [1.165, 1.54) is 0 Å². The fraction of sp³-hybridized carbons (Fsp3) is 0.900. The summed E-state index contributed by atoms with van der Waals surface area (Å²) in [5, 5.41) is 0. The Bertz CT molecular complexity index is 468. The molecular formula is C10H8F11IO2. The Kier molecular flexibility index (Phi) is 6.47. The summed E-state index contributed by atoms with van der Waals surface area (Å²) < 4.78 is 141. The van der Waals surface area contributed by atoms with Crippen LogP contribution in [0.1, 0.15) is 6.92 Å². The Morgan fingerprint density at radius 2 is 1.33 bits per heavy atom. The number of esters is 1. The number of hydrogen-bond acceptors (Lipinski definition) is 2. The minimum absolute atomic E-state index is 0.214. The van der Waals surface area contributed by atoms with Crippen LogP contribution < -0.4 is 0 Å². The number of alkyl halides is 12. The number of methoxy groups -OCH3 is 1. The number of ether oxygens (including phenoxy) is 1. The lowest BCUT2D eigenvalue weighted by Crippen LogP contribution is -2.63. The van der Waals surface area contributed by atoms with Crippen LogP contribution in [0.25, 0.3) is 0 Å². The maximum Gasteiger partial charge on any atom is 0.459 e. The van der Waals surface area contributed by atoms with Crippen LogP contribution in [0.5, 0.6) is 0 Å². The highest BCUT2D eigenvalue weighted by Crippen LogP contribution is 2.55. The Morgan fingerprint density at radius 3 is 1.58 bits per heavy atom. The molecule has 0 rings (SSSR count). The lowest BCUT2D eigenvalue weighted by Gasteiger charge is -2.39. The molecule has 14 heteroatoms. The molecule has 3 atom stereocenters. The summed E-state index contributed by atoms with van der Waals surface area (Å²) in [4.78, 5) is 11.2. The van der Waals surface area contributed by atoms with Crippen molar-refractivity contribution in [2.45, 2.75) is 40.7 Å². The normalized spacial score (nSPS) is 19.4. The first-order valence-electron chi connectivity index (χ1n) is 5.56. The molecule has 0 fully saturated rings. The quantitative estimate of drug-likeness (QED) is 0.239. The smallest absolute Gasteiger partial charge is 0.459 e. The van der Waals surface area contributed by atoms with E-state index in [-0.39, 0.29) is 6.92 Å². The molecule has 0 saturated carbocycles. The summed E-state index contributed by atoms with van der Waals surface area (Å²) in [5.41, 5.74) is 0. The fourth-order valence-electron chi connectivity index (χ4n) is 1.65. The van der Waals surface area contributed by atoms with E-state index < -0.39 is 45.7 Å². The SMILES string of the molecule is COC(=O)C(C)(I)C(C(F)C(F)(F)C(F)(F)C(F)(F)F)C(F)(F)F. The van der Waals surface area contributed by atoms with Crippen molar-refractivity contribution in [3.63, 3.8) is 0 Å². The van der Waals surface area contributed by atoms with Gasteiger partial charge < -0.3 is 4.74 Å². The van der Waals surface area contributed by atoms with E-state index in [0.717, 1.165) is 0 Å². The highest BCUT2D eigenvalue weighted by molar-refractivity contribution is 14.1. The van der Waals surface area contributed by atoms with E-state index in [1.807, 2.05) is 0 Å². The Morgan fingerprint density at radius 1 is 0.958 bits per heavy atom. The molecule has 3 unspecified atom stereocenters. The third-order valence-electron chi connectivity index (χ3n) is 2.93. The molecule has 0 saturated heterocycles. The second-order valence-electron chi connectivity index (χ2n) is 4.68. The number of carbonyl (C=O) groups excluding carboxylic acids is 1. The van der Waals surface area contributed by atoms with Crippen molar-refractivity contribution >= 4 is 28.6 Å². The van der Waals surface area contributed by atoms with Crippen LogP contribution >= 0.6 is 22.6 Å². The molecule has 0 aliphatic rings. The molecule has 0 aromatic heterocycles. The Balaban J connectivity index is 6.24. The Hall–Kier alpha value is -0.570. The van der Waals surface area contributed by atoms with Gasteiger partial charge in [-0.2, -0.15) is 43.9 Å². The molecular weight excluding hydrogens is 488 g/mol. The summed E-state index contributed by atoms with van der Waals surface area (Å²) >= 11 is 0.499. The molecule has 0 heterocycles. The second-order valence-corrected chi connectivity index (χ2v) is 6.92. The van der Waals surface area contributed by atoms with Gasteiger partial charge in [-0.3, -0.25) is 4.79 Å². The van der Waals surface area contributed by atoms with Crippen LogP contribution in [0.3, 0.4) is 0 Å². The van der Waals surface area contributed by atoms with E-state index >= 15 is 0 Å². The van der Waals surface area contributed by atoms with Gasteiger partial charge in [-0.1, -0.05) is 22.6 Å². The standard InChI is InChI=1S/C10H8F11IO2/c1-6(22,5(23)24-2)3(8(14,15)16)4(11)7(12,13)9(17,18)10(19,20)21/h3-4H,1-2H3. The highest BCUT2D eigenvalue weighted by atomic mass is 127.